The fraction of sp³-hybridized carbons (Fsp3) is 0.417. The number of hydrogen-bond donors (Lipinski definition) is 1. The summed E-state index contributed by atoms with van der Waals surface area (Å²) in [6, 6.07) is 8.07. The second-order valence-electron chi connectivity index (χ2n) is 3.58. The monoisotopic (exact) mass is 188 g/mol. The molecule has 0 saturated carbocycles. The zero-order chi connectivity index (χ0) is 10.6. The molecule has 2 heteroatoms. The number of hydrogen-bond acceptors (Lipinski definition) is 2. The predicted molar refractivity (Wildman–Crippen MR) is 57.7 cm³/mol. The molecule has 74 valence electrons. The highest BCUT2D eigenvalue weighted by atomic mass is 14.6. The van der Waals surface area contributed by atoms with Crippen LogP contribution in [0.3, 0.4) is 0 Å². The summed E-state index contributed by atoms with van der Waals surface area (Å²) in [6.07, 6.45) is 2.07. The smallest absolute Gasteiger partial charge is 0.0994 e. The van der Waals surface area contributed by atoms with Crippen LogP contribution in [0.2, 0.25) is 0 Å². The van der Waals surface area contributed by atoms with E-state index in [1.807, 2.05) is 25.1 Å². The number of nitrogens with zero attached hydrogens (tertiary/aromatic N) is 1. The Balaban J connectivity index is 2.92. The van der Waals surface area contributed by atoms with E-state index in [0.717, 1.165) is 29.5 Å². The second kappa shape index (κ2) is 4.78. The third-order valence-electron chi connectivity index (χ3n) is 2.40. The Hall–Kier alpha value is -1.33. The van der Waals surface area contributed by atoms with E-state index in [1.165, 1.54) is 0 Å². The Bertz CT molecular complexity index is 350. The fourth-order valence-corrected chi connectivity index (χ4v) is 1.52. The van der Waals surface area contributed by atoms with Gasteiger partial charge in [0.1, 0.15) is 0 Å². The van der Waals surface area contributed by atoms with Crippen molar-refractivity contribution < 1.29 is 0 Å². The van der Waals surface area contributed by atoms with Gasteiger partial charge in [-0.15, -0.1) is 0 Å². The molecule has 0 saturated heterocycles. The van der Waals surface area contributed by atoms with Crippen LogP contribution in [0.1, 0.15) is 42.5 Å². The van der Waals surface area contributed by atoms with Crippen LogP contribution < -0.4 is 5.73 Å². The largest absolute Gasteiger partial charge is 0.324 e. The normalized spacial score (nSPS) is 12.1. The van der Waals surface area contributed by atoms with E-state index < -0.39 is 0 Å². The van der Waals surface area contributed by atoms with E-state index in [0.29, 0.717) is 0 Å². The number of nitriles is 1. The zero-order valence-electron chi connectivity index (χ0n) is 8.75. The number of benzene rings is 1. The van der Waals surface area contributed by atoms with Crippen LogP contribution in [0.25, 0.3) is 0 Å². The molecule has 1 aromatic rings. The van der Waals surface area contributed by atoms with Gasteiger partial charge in [-0.1, -0.05) is 25.5 Å². The van der Waals surface area contributed by atoms with Gasteiger partial charge < -0.3 is 5.73 Å². The van der Waals surface area contributed by atoms with Crippen molar-refractivity contribution >= 4 is 0 Å². The molecule has 0 bridgehead atoms. The molecule has 1 aromatic carbocycles. The van der Waals surface area contributed by atoms with Crippen LogP contribution >= 0.6 is 0 Å². The van der Waals surface area contributed by atoms with Crippen molar-refractivity contribution in [2.75, 3.05) is 0 Å². The minimum Gasteiger partial charge on any atom is -0.324 e. The van der Waals surface area contributed by atoms with Gasteiger partial charge in [0.15, 0.2) is 0 Å². The zero-order valence-corrected chi connectivity index (χ0v) is 8.75. The molecular weight excluding hydrogens is 172 g/mol. The molecule has 0 radical (unpaired) electrons. The third kappa shape index (κ3) is 2.34. The summed E-state index contributed by atoms with van der Waals surface area (Å²) >= 11 is 0. The Kier molecular flexibility index (Phi) is 3.67. The molecule has 0 aliphatic carbocycles. The van der Waals surface area contributed by atoms with Gasteiger partial charge in [-0.25, -0.2) is 0 Å². The lowest BCUT2D eigenvalue weighted by atomic mass is 9.99. The number of aryl methyl sites for hydroxylation is 1. The van der Waals surface area contributed by atoms with E-state index >= 15 is 0 Å². The molecule has 1 rings (SSSR count). The van der Waals surface area contributed by atoms with Crippen molar-refractivity contribution in [3.8, 4) is 6.07 Å². The predicted octanol–water partition coefficient (Wildman–Crippen LogP) is 2.67. The summed E-state index contributed by atoms with van der Waals surface area (Å²) in [5.74, 6) is 0. The average molecular weight is 188 g/mol. The summed E-state index contributed by atoms with van der Waals surface area (Å²) in [5.41, 5.74) is 8.86. The van der Waals surface area contributed by atoms with Crippen molar-refractivity contribution in [1.29, 1.82) is 5.26 Å². The molecule has 2 N–H and O–H groups in total. The van der Waals surface area contributed by atoms with Crippen molar-refractivity contribution in [2.45, 2.75) is 32.7 Å². The SMILES string of the molecule is CCCC(N)c1ccc(C#N)c(C)c1. The van der Waals surface area contributed by atoms with Crippen LogP contribution in [0, 0.1) is 18.3 Å². The van der Waals surface area contributed by atoms with Gasteiger partial charge in [-0.3, -0.25) is 0 Å². The van der Waals surface area contributed by atoms with Crippen LogP contribution in [0.15, 0.2) is 18.2 Å². The minimum atomic E-state index is 0.103. The van der Waals surface area contributed by atoms with Gasteiger partial charge in [0.25, 0.3) is 0 Å². The van der Waals surface area contributed by atoms with Crippen molar-refractivity contribution in [1.82, 2.24) is 0 Å². The van der Waals surface area contributed by atoms with E-state index in [2.05, 4.69) is 13.0 Å². The Morgan fingerprint density at radius 3 is 2.71 bits per heavy atom. The van der Waals surface area contributed by atoms with Gasteiger partial charge in [0.2, 0.25) is 0 Å². The van der Waals surface area contributed by atoms with Crippen LogP contribution in [-0.2, 0) is 0 Å². The summed E-state index contributed by atoms with van der Waals surface area (Å²) in [4.78, 5) is 0. The van der Waals surface area contributed by atoms with Crippen LogP contribution in [0.4, 0.5) is 0 Å². The Labute approximate surface area is 85.4 Å². The standard InChI is InChI=1S/C12H16N2/c1-3-4-12(14)10-5-6-11(8-13)9(2)7-10/h5-7,12H,3-4,14H2,1-2H3. The maximum atomic E-state index is 8.77. The van der Waals surface area contributed by atoms with Crippen molar-refractivity contribution in [3.05, 3.63) is 34.9 Å². The molecule has 2 nitrogen and oxygen atoms in total. The second-order valence-corrected chi connectivity index (χ2v) is 3.58. The van der Waals surface area contributed by atoms with Gasteiger partial charge in [-0.2, -0.15) is 5.26 Å². The lowest BCUT2D eigenvalue weighted by molar-refractivity contribution is 0.638. The first kappa shape index (κ1) is 10.7. The minimum absolute atomic E-state index is 0.103. The maximum absolute atomic E-state index is 8.77. The molecule has 0 aliphatic heterocycles. The average Bonchev–Trinajstić information content (AvgIpc) is 2.18. The molecular formula is C12H16N2. The highest BCUT2D eigenvalue weighted by Gasteiger charge is 2.06. The highest BCUT2D eigenvalue weighted by molar-refractivity contribution is 5.40. The topological polar surface area (TPSA) is 49.8 Å². The van der Waals surface area contributed by atoms with E-state index in [1.54, 1.807) is 0 Å². The lowest BCUT2D eigenvalue weighted by Gasteiger charge is -2.11. The quantitative estimate of drug-likeness (QED) is 0.792. The van der Waals surface area contributed by atoms with Gasteiger partial charge in [0.05, 0.1) is 11.6 Å². The first-order chi connectivity index (χ1) is 6.69. The van der Waals surface area contributed by atoms with Crippen molar-refractivity contribution in [3.63, 3.8) is 0 Å². The summed E-state index contributed by atoms with van der Waals surface area (Å²) < 4.78 is 0. The first-order valence-electron chi connectivity index (χ1n) is 4.95. The van der Waals surface area contributed by atoms with Gasteiger partial charge >= 0.3 is 0 Å². The molecule has 0 fully saturated rings. The van der Waals surface area contributed by atoms with E-state index in [9.17, 15) is 0 Å². The van der Waals surface area contributed by atoms with E-state index in [4.69, 9.17) is 11.0 Å². The van der Waals surface area contributed by atoms with Crippen LogP contribution in [-0.4, -0.2) is 0 Å². The summed E-state index contributed by atoms with van der Waals surface area (Å²) in [6.45, 7) is 4.07. The van der Waals surface area contributed by atoms with Gasteiger partial charge in [0, 0.05) is 6.04 Å². The molecule has 1 atom stereocenters. The number of nitrogens with two attached hydrogens (primary N) is 1. The maximum Gasteiger partial charge on any atom is 0.0994 e. The van der Waals surface area contributed by atoms with Gasteiger partial charge in [-0.05, 0) is 30.5 Å². The Morgan fingerprint density at radius 2 is 2.21 bits per heavy atom. The number of rotatable bonds is 3. The summed E-state index contributed by atoms with van der Waals surface area (Å²) in [7, 11) is 0. The lowest BCUT2D eigenvalue weighted by Crippen LogP contribution is -2.09. The van der Waals surface area contributed by atoms with E-state index in [-0.39, 0.29) is 6.04 Å². The molecule has 0 amide bonds. The van der Waals surface area contributed by atoms with Crippen LogP contribution in [0.5, 0.6) is 0 Å². The molecule has 1 unspecified atom stereocenters. The molecule has 0 heterocycles. The molecule has 0 spiro atoms. The highest BCUT2D eigenvalue weighted by Crippen LogP contribution is 2.18. The molecule has 0 aliphatic rings. The molecule has 0 aromatic heterocycles. The fourth-order valence-electron chi connectivity index (χ4n) is 1.52. The molecule has 14 heavy (non-hydrogen) atoms. The first-order valence-corrected chi connectivity index (χ1v) is 4.95. The summed E-state index contributed by atoms with van der Waals surface area (Å²) in [5, 5.41) is 8.77. The Morgan fingerprint density at radius 1 is 1.50 bits per heavy atom. The third-order valence-corrected chi connectivity index (χ3v) is 2.40. The van der Waals surface area contributed by atoms with Crippen molar-refractivity contribution in [2.24, 2.45) is 5.73 Å².